The van der Waals surface area contributed by atoms with E-state index in [9.17, 15) is 0 Å². The molecule has 0 bridgehead atoms. The van der Waals surface area contributed by atoms with Crippen LogP contribution in [0.1, 0.15) is 11.5 Å². The average Bonchev–Trinajstić information content (AvgIpc) is 3.80. The molecule has 270 valence electrons. The van der Waals surface area contributed by atoms with Crippen molar-refractivity contribution in [2.45, 2.75) is 12.0 Å². The predicted molar refractivity (Wildman–Crippen MR) is 240 cm³/mol. The normalized spacial score (nSPS) is 15.5. The van der Waals surface area contributed by atoms with E-state index in [0.29, 0.717) is 5.92 Å². The maximum atomic E-state index is 2.49. The molecule has 9 aromatic rings. The number of anilines is 5. The van der Waals surface area contributed by atoms with Crippen LogP contribution in [0.15, 0.2) is 224 Å². The first-order valence-corrected chi connectivity index (χ1v) is 19.8. The number of aromatic nitrogens is 1. The number of rotatable bonds is 7. The summed E-state index contributed by atoms with van der Waals surface area (Å²) in [5, 5.41) is 2.52. The number of nitrogens with zero attached hydrogens (tertiary/aromatic N) is 3. The SMILES string of the molecule is C1=CC2c3ccccc3N(c3ccc(N(c4ccccc4)c4ccc(-c5cccc(-c6ccc7c(c6)c6ccccc6n7-c6ccccc6)c5)cc4)cc3)C2C=C1. The Morgan fingerprint density at radius 1 is 0.386 bits per heavy atom. The summed E-state index contributed by atoms with van der Waals surface area (Å²) >= 11 is 0. The van der Waals surface area contributed by atoms with Crippen LogP contribution < -0.4 is 9.80 Å². The molecule has 1 aliphatic heterocycles. The van der Waals surface area contributed by atoms with Gasteiger partial charge in [0.25, 0.3) is 0 Å². The average molecular weight is 730 g/mol. The van der Waals surface area contributed by atoms with Crippen LogP contribution in [0.2, 0.25) is 0 Å². The van der Waals surface area contributed by atoms with Crippen molar-refractivity contribution in [3.8, 4) is 27.9 Å². The minimum atomic E-state index is 0.277. The number of fused-ring (bicyclic) bond motifs is 6. The molecule has 2 atom stereocenters. The Bertz CT molecular complexity index is 2960. The maximum absolute atomic E-state index is 2.49. The van der Waals surface area contributed by atoms with Crippen molar-refractivity contribution in [3.63, 3.8) is 0 Å². The van der Waals surface area contributed by atoms with Crippen molar-refractivity contribution in [1.29, 1.82) is 0 Å². The van der Waals surface area contributed by atoms with E-state index in [-0.39, 0.29) is 6.04 Å². The van der Waals surface area contributed by atoms with Crippen LogP contribution in [0.3, 0.4) is 0 Å². The van der Waals surface area contributed by atoms with Crippen molar-refractivity contribution in [3.05, 3.63) is 230 Å². The highest BCUT2D eigenvalue weighted by molar-refractivity contribution is 6.10. The van der Waals surface area contributed by atoms with Gasteiger partial charge in [-0.2, -0.15) is 0 Å². The lowest BCUT2D eigenvalue weighted by Gasteiger charge is -2.30. The van der Waals surface area contributed by atoms with Gasteiger partial charge in [-0.1, -0.05) is 133 Å². The van der Waals surface area contributed by atoms with Gasteiger partial charge < -0.3 is 14.4 Å². The fourth-order valence-electron chi connectivity index (χ4n) is 9.07. The zero-order chi connectivity index (χ0) is 37.7. The van der Waals surface area contributed by atoms with Crippen molar-refractivity contribution in [2.75, 3.05) is 9.80 Å². The van der Waals surface area contributed by atoms with Crippen molar-refractivity contribution < 1.29 is 0 Å². The van der Waals surface area contributed by atoms with Crippen molar-refractivity contribution in [1.82, 2.24) is 4.57 Å². The highest BCUT2D eigenvalue weighted by Gasteiger charge is 2.37. The molecule has 1 aromatic heterocycles. The Balaban J connectivity index is 0.915. The molecule has 0 fully saturated rings. The molecule has 3 heteroatoms. The number of benzene rings is 8. The molecular weight excluding hydrogens is 691 g/mol. The largest absolute Gasteiger partial charge is 0.333 e. The summed E-state index contributed by atoms with van der Waals surface area (Å²) in [5.74, 6) is 0.364. The summed E-state index contributed by atoms with van der Waals surface area (Å²) in [4.78, 5) is 4.83. The second-order valence-corrected chi connectivity index (χ2v) is 15.0. The van der Waals surface area contributed by atoms with E-state index < -0.39 is 0 Å². The van der Waals surface area contributed by atoms with E-state index in [0.717, 1.165) is 17.1 Å². The molecule has 0 spiro atoms. The van der Waals surface area contributed by atoms with Crippen molar-refractivity contribution >= 4 is 50.2 Å². The first kappa shape index (κ1) is 33.0. The van der Waals surface area contributed by atoms with E-state index >= 15 is 0 Å². The van der Waals surface area contributed by atoms with Gasteiger partial charge in [0, 0.05) is 50.8 Å². The third-order valence-electron chi connectivity index (χ3n) is 11.7. The quantitative estimate of drug-likeness (QED) is 0.162. The molecule has 1 aliphatic carbocycles. The Kier molecular flexibility index (Phi) is 7.96. The maximum Gasteiger partial charge on any atom is 0.0629 e. The molecule has 0 saturated carbocycles. The summed E-state index contributed by atoms with van der Waals surface area (Å²) in [6, 6.07) is 73.0. The standard InChI is InChI=1S/C54H39N3/c1-3-16-42(17-4-1)55(45-31-33-46(34-32-45)57-51-23-10-7-20-47(51)48-21-8-11-24-52(48)57)44-29-26-38(27-30-44)39-14-13-15-40(36-39)41-28-35-54-50(37-41)49-22-9-12-25-53(49)56(54)43-18-5-2-6-19-43/h1-37,47,51H. The zero-order valence-corrected chi connectivity index (χ0v) is 31.4. The van der Waals surface area contributed by atoms with E-state index in [1.807, 2.05) is 0 Å². The summed E-state index contributed by atoms with van der Waals surface area (Å²) in [6.07, 6.45) is 9.02. The van der Waals surface area contributed by atoms with E-state index in [1.54, 1.807) is 0 Å². The third-order valence-corrected chi connectivity index (χ3v) is 11.7. The molecule has 57 heavy (non-hydrogen) atoms. The summed E-state index contributed by atoms with van der Waals surface area (Å²) < 4.78 is 2.37. The molecule has 11 rings (SSSR count). The molecule has 0 N–H and O–H groups in total. The van der Waals surface area contributed by atoms with Gasteiger partial charge in [-0.15, -0.1) is 0 Å². The van der Waals surface area contributed by atoms with Crippen LogP contribution in [0.25, 0.3) is 49.7 Å². The second-order valence-electron chi connectivity index (χ2n) is 15.0. The van der Waals surface area contributed by atoms with Gasteiger partial charge in [0.05, 0.1) is 17.1 Å². The topological polar surface area (TPSA) is 11.4 Å². The number of hydrogen-bond donors (Lipinski definition) is 0. The number of para-hydroxylation sites is 4. The molecule has 2 unspecified atom stereocenters. The van der Waals surface area contributed by atoms with Crippen LogP contribution in [-0.4, -0.2) is 10.6 Å². The van der Waals surface area contributed by atoms with Gasteiger partial charge in [-0.3, -0.25) is 0 Å². The van der Waals surface area contributed by atoms with Crippen molar-refractivity contribution in [2.24, 2.45) is 0 Å². The van der Waals surface area contributed by atoms with Crippen LogP contribution >= 0.6 is 0 Å². The first-order chi connectivity index (χ1) is 28.3. The summed E-state index contributed by atoms with van der Waals surface area (Å²) in [7, 11) is 0. The van der Waals surface area contributed by atoms with Crippen LogP contribution in [0.4, 0.5) is 28.4 Å². The van der Waals surface area contributed by atoms with Gasteiger partial charge in [0.15, 0.2) is 0 Å². The first-order valence-electron chi connectivity index (χ1n) is 19.8. The van der Waals surface area contributed by atoms with Gasteiger partial charge in [0.1, 0.15) is 0 Å². The Morgan fingerprint density at radius 2 is 0.982 bits per heavy atom. The molecule has 3 nitrogen and oxygen atoms in total. The molecule has 2 aliphatic rings. The van der Waals surface area contributed by atoms with Crippen LogP contribution in [0.5, 0.6) is 0 Å². The van der Waals surface area contributed by atoms with E-state index in [4.69, 9.17) is 0 Å². The van der Waals surface area contributed by atoms with Gasteiger partial charge in [0.2, 0.25) is 0 Å². The molecule has 2 heterocycles. The molecule has 0 radical (unpaired) electrons. The second kappa shape index (κ2) is 13.7. The Morgan fingerprint density at radius 3 is 1.79 bits per heavy atom. The minimum Gasteiger partial charge on any atom is -0.333 e. The van der Waals surface area contributed by atoms with Crippen LogP contribution in [-0.2, 0) is 0 Å². The monoisotopic (exact) mass is 729 g/mol. The smallest absolute Gasteiger partial charge is 0.0629 e. The predicted octanol–water partition coefficient (Wildman–Crippen LogP) is 14.3. The lowest BCUT2D eigenvalue weighted by Crippen LogP contribution is -2.28. The molecule has 8 aromatic carbocycles. The molecule has 0 amide bonds. The number of allylic oxidation sites excluding steroid dienone is 2. The van der Waals surface area contributed by atoms with Gasteiger partial charge in [-0.25, -0.2) is 0 Å². The van der Waals surface area contributed by atoms with Gasteiger partial charge in [-0.05, 0) is 119 Å². The van der Waals surface area contributed by atoms with Gasteiger partial charge >= 0.3 is 0 Å². The summed E-state index contributed by atoms with van der Waals surface area (Å²) in [6.45, 7) is 0. The highest BCUT2D eigenvalue weighted by Crippen LogP contribution is 2.48. The van der Waals surface area contributed by atoms with Crippen LogP contribution in [0, 0.1) is 0 Å². The fraction of sp³-hybridized carbons (Fsp3) is 0.0370. The van der Waals surface area contributed by atoms with E-state index in [1.165, 1.54) is 66.7 Å². The third kappa shape index (κ3) is 5.67. The zero-order valence-electron chi connectivity index (χ0n) is 31.4. The Labute approximate surface area is 333 Å². The highest BCUT2D eigenvalue weighted by atomic mass is 15.2. The molecule has 0 saturated heterocycles. The number of hydrogen-bond acceptors (Lipinski definition) is 2. The molecular formula is C54H39N3. The van der Waals surface area contributed by atoms with E-state index in [2.05, 4.69) is 239 Å². The fourth-order valence-corrected chi connectivity index (χ4v) is 9.07. The lowest BCUT2D eigenvalue weighted by atomic mass is 9.91. The lowest BCUT2D eigenvalue weighted by molar-refractivity contribution is 0.745. The minimum absolute atomic E-state index is 0.277. The Hall–Kier alpha value is -7.36. The summed E-state index contributed by atoms with van der Waals surface area (Å²) in [5.41, 5.74) is 15.6.